The Morgan fingerprint density at radius 1 is 1.28 bits per heavy atom. The standard InChI is InChI=1S/C20H19ClN2O6/c1-11(2)28-16-6-4-13(21)8-12(16)9-15-18(24)23(20(26)22-15)10-14-5-7-17(29-14)19(25)27-3/h4-9,11H,10H2,1-3H3,(H,22,26). The molecule has 3 rings (SSSR count). The maximum atomic E-state index is 12.7. The van der Waals surface area contributed by atoms with E-state index in [0.717, 1.165) is 4.90 Å². The number of imide groups is 1. The van der Waals surface area contributed by atoms with E-state index < -0.39 is 17.9 Å². The summed E-state index contributed by atoms with van der Waals surface area (Å²) in [5.74, 6) is -0.401. The van der Waals surface area contributed by atoms with Gasteiger partial charge in [0.15, 0.2) is 0 Å². The van der Waals surface area contributed by atoms with Gasteiger partial charge < -0.3 is 19.2 Å². The van der Waals surface area contributed by atoms with Crippen LogP contribution < -0.4 is 10.1 Å². The third kappa shape index (κ3) is 4.60. The summed E-state index contributed by atoms with van der Waals surface area (Å²) >= 11 is 6.06. The van der Waals surface area contributed by atoms with Crippen LogP contribution in [0.15, 0.2) is 40.4 Å². The number of ether oxygens (including phenoxy) is 2. The van der Waals surface area contributed by atoms with Gasteiger partial charge >= 0.3 is 12.0 Å². The number of amides is 3. The number of carbonyl (C=O) groups excluding carboxylic acids is 3. The molecule has 152 valence electrons. The number of nitrogens with zero attached hydrogens (tertiary/aromatic N) is 1. The second-order valence-corrected chi connectivity index (χ2v) is 6.92. The van der Waals surface area contributed by atoms with Gasteiger partial charge in [-0.1, -0.05) is 11.6 Å². The minimum absolute atomic E-state index is 0.0141. The van der Waals surface area contributed by atoms with E-state index in [2.05, 4.69) is 10.1 Å². The largest absolute Gasteiger partial charge is 0.490 e. The molecular weight excluding hydrogens is 400 g/mol. The Labute approximate surface area is 172 Å². The number of esters is 1. The molecule has 1 aromatic carbocycles. The summed E-state index contributed by atoms with van der Waals surface area (Å²) in [6, 6.07) is 7.33. The Hall–Kier alpha value is -3.26. The zero-order valence-corrected chi connectivity index (χ0v) is 16.8. The van der Waals surface area contributed by atoms with Crippen molar-refractivity contribution in [3.05, 3.63) is 58.1 Å². The summed E-state index contributed by atoms with van der Waals surface area (Å²) in [6.45, 7) is 3.62. The van der Waals surface area contributed by atoms with E-state index in [4.69, 9.17) is 20.8 Å². The molecule has 0 atom stereocenters. The van der Waals surface area contributed by atoms with E-state index in [-0.39, 0.29) is 29.9 Å². The Bertz CT molecular complexity index is 995. The van der Waals surface area contributed by atoms with Gasteiger partial charge in [0.2, 0.25) is 5.76 Å². The number of nitrogens with one attached hydrogen (secondary N) is 1. The molecule has 0 saturated carbocycles. The number of hydrogen-bond donors (Lipinski definition) is 1. The molecule has 2 aromatic rings. The van der Waals surface area contributed by atoms with Crippen molar-refractivity contribution in [1.82, 2.24) is 10.2 Å². The van der Waals surface area contributed by atoms with Crippen LogP contribution in [0.4, 0.5) is 4.79 Å². The highest BCUT2D eigenvalue weighted by Crippen LogP contribution is 2.27. The van der Waals surface area contributed by atoms with Crippen molar-refractivity contribution in [2.75, 3.05) is 7.11 Å². The zero-order valence-electron chi connectivity index (χ0n) is 16.0. The lowest BCUT2D eigenvalue weighted by Gasteiger charge is -2.13. The maximum Gasteiger partial charge on any atom is 0.373 e. The van der Waals surface area contributed by atoms with Crippen LogP contribution in [0.3, 0.4) is 0 Å². The monoisotopic (exact) mass is 418 g/mol. The van der Waals surface area contributed by atoms with Gasteiger partial charge in [0.25, 0.3) is 5.91 Å². The van der Waals surface area contributed by atoms with E-state index in [1.54, 1.807) is 18.2 Å². The topological polar surface area (TPSA) is 98.1 Å². The van der Waals surface area contributed by atoms with Gasteiger partial charge in [0, 0.05) is 10.6 Å². The highest BCUT2D eigenvalue weighted by Gasteiger charge is 2.34. The van der Waals surface area contributed by atoms with Crippen LogP contribution in [0.25, 0.3) is 6.08 Å². The molecule has 1 saturated heterocycles. The first kappa shape index (κ1) is 20.5. The number of methoxy groups -OCH3 is 1. The van der Waals surface area contributed by atoms with E-state index in [1.165, 1.54) is 25.3 Å². The molecule has 0 spiro atoms. The minimum atomic E-state index is -0.646. The lowest BCUT2D eigenvalue weighted by atomic mass is 10.1. The fraction of sp³-hybridized carbons (Fsp3) is 0.250. The van der Waals surface area contributed by atoms with Crippen molar-refractivity contribution in [2.45, 2.75) is 26.5 Å². The van der Waals surface area contributed by atoms with Crippen molar-refractivity contribution in [3.8, 4) is 5.75 Å². The highest BCUT2D eigenvalue weighted by molar-refractivity contribution is 6.30. The fourth-order valence-corrected chi connectivity index (χ4v) is 2.87. The minimum Gasteiger partial charge on any atom is -0.490 e. The second-order valence-electron chi connectivity index (χ2n) is 6.49. The molecule has 0 bridgehead atoms. The number of benzene rings is 1. The molecule has 0 unspecified atom stereocenters. The summed E-state index contributed by atoms with van der Waals surface area (Å²) in [5.41, 5.74) is 0.633. The number of urea groups is 1. The average Bonchev–Trinajstić information content (AvgIpc) is 3.24. The summed E-state index contributed by atoms with van der Waals surface area (Å²) in [4.78, 5) is 37.4. The Balaban J connectivity index is 1.83. The number of carbonyl (C=O) groups is 3. The van der Waals surface area contributed by atoms with Crippen LogP contribution in [0, 0.1) is 0 Å². The molecule has 0 radical (unpaired) electrons. The van der Waals surface area contributed by atoms with Gasteiger partial charge in [0.05, 0.1) is 19.8 Å². The molecule has 3 amide bonds. The number of hydrogen-bond acceptors (Lipinski definition) is 6. The third-order valence-corrected chi connectivity index (χ3v) is 4.19. The van der Waals surface area contributed by atoms with Gasteiger partial charge in [-0.2, -0.15) is 0 Å². The van der Waals surface area contributed by atoms with E-state index in [0.29, 0.717) is 16.3 Å². The number of halogens is 1. The van der Waals surface area contributed by atoms with Crippen LogP contribution in [0.1, 0.15) is 35.7 Å². The molecule has 0 aliphatic carbocycles. The molecule has 1 fully saturated rings. The number of rotatable bonds is 6. The Kier molecular flexibility index (Phi) is 5.93. The van der Waals surface area contributed by atoms with Crippen molar-refractivity contribution in [3.63, 3.8) is 0 Å². The first-order valence-electron chi connectivity index (χ1n) is 8.76. The quantitative estimate of drug-likeness (QED) is 0.437. The summed E-state index contributed by atoms with van der Waals surface area (Å²) < 4.78 is 15.6. The van der Waals surface area contributed by atoms with Gasteiger partial charge in [-0.3, -0.25) is 9.69 Å². The molecule has 1 aliphatic rings. The zero-order chi connectivity index (χ0) is 21.1. The van der Waals surface area contributed by atoms with Gasteiger partial charge in [-0.25, -0.2) is 9.59 Å². The molecule has 8 nitrogen and oxygen atoms in total. The van der Waals surface area contributed by atoms with Crippen LogP contribution in [0.5, 0.6) is 5.75 Å². The molecule has 1 N–H and O–H groups in total. The van der Waals surface area contributed by atoms with Crippen molar-refractivity contribution in [2.24, 2.45) is 0 Å². The van der Waals surface area contributed by atoms with Crippen molar-refractivity contribution in [1.29, 1.82) is 0 Å². The molecule has 1 aromatic heterocycles. The Morgan fingerprint density at radius 2 is 2.03 bits per heavy atom. The van der Waals surface area contributed by atoms with Crippen LogP contribution in [-0.4, -0.2) is 36.0 Å². The van der Waals surface area contributed by atoms with Crippen LogP contribution >= 0.6 is 11.6 Å². The molecule has 9 heteroatoms. The second kappa shape index (κ2) is 8.40. The van der Waals surface area contributed by atoms with E-state index >= 15 is 0 Å². The third-order valence-electron chi connectivity index (χ3n) is 3.96. The first-order valence-corrected chi connectivity index (χ1v) is 9.14. The lowest BCUT2D eigenvalue weighted by molar-refractivity contribution is -0.123. The summed E-state index contributed by atoms with van der Waals surface area (Å²) in [6.07, 6.45) is 1.42. The highest BCUT2D eigenvalue weighted by atomic mass is 35.5. The van der Waals surface area contributed by atoms with Gasteiger partial charge in [-0.05, 0) is 50.3 Å². The van der Waals surface area contributed by atoms with Crippen molar-refractivity contribution >= 4 is 35.6 Å². The van der Waals surface area contributed by atoms with E-state index in [1.807, 2.05) is 13.8 Å². The maximum absolute atomic E-state index is 12.7. The molecule has 1 aliphatic heterocycles. The summed E-state index contributed by atoms with van der Waals surface area (Å²) in [5, 5.41) is 3.00. The SMILES string of the molecule is COC(=O)c1ccc(CN2C(=O)NC(=Cc3cc(Cl)ccc3OC(C)C)C2=O)o1. The van der Waals surface area contributed by atoms with E-state index in [9.17, 15) is 14.4 Å². The van der Waals surface area contributed by atoms with Crippen LogP contribution in [0.2, 0.25) is 5.02 Å². The first-order chi connectivity index (χ1) is 13.8. The fourth-order valence-electron chi connectivity index (χ4n) is 2.69. The summed E-state index contributed by atoms with van der Waals surface area (Å²) in [7, 11) is 1.23. The Morgan fingerprint density at radius 3 is 2.72 bits per heavy atom. The van der Waals surface area contributed by atoms with Gasteiger partial charge in [0.1, 0.15) is 17.2 Å². The molecular formula is C20H19ClN2O6. The lowest BCUT2D eigenvalue weighted by Crippen LogP contribution is -2.30. The number of furan rings is 1. The molecule has 2 heterocycles. The van der Waals surface area contributed by atoms with Crippen LogP contribution in [-0.2, 0) is 16.1 Å². The average molecular weight is 419 g/mol. The predicted octanol–water partition coefficient (Wildman–Crippen LogP) is 3.60. The molecule has 29 heavy (non-hydrogen) atoms. The normalized spacial score (nSPS) is 15.2. The predicted molar refractivity (Wildman–Crippen MR) is 104 cm³/mol. The van der Waals surface area contributed by atoms with Crippen molar-refractivity contribution < 1.29 is 28.3 Å². The van der Waals surface area contributed by atoms with Gasteiger partial charge in [-0.15, -0.1) is 0 Å². The smallest absolute Gasteiger partial charge is 0.373 e.